The molecule has 27 heavy (non-hydrogen) atoms. The van der Waals surface area contributed by atoms with Gasteiger partial charge in [0.15, 0.2) is 5.82 Å². The molecule has 0 aliphatic carbocycles. The highest BCUT2D eigenvalue weighted by Gasteiger charge is 2.18. The third-order valence-electron chi connectivity index (χ3n) is 4.21. The van der Waals surface area contributed by atoms with Gasteiger partial charge in [-0.15, -0.1) is 5.10 Å². The third kappa shape index (κ3) is 3.24. The fourth-order valence-electron chi connectivity index (χ4n) is 2.85. The lowest BCUT2D eigenvalue weighted by Gasteiger charge is -2.18. The topological polar surface area (TPSA) is 91.2 Å². The summed E-state index contributed by atoms with van der Waals surface area (Å²) in [5, 5.41) is 14.4. The highest BCUT2D eigenvalue weighted by atomic mass is 16.5. The van der Waals surface area contributed by atoms with E-state index >= 15 is 0 Å². The predicted octanol–water partition coefficient (Wildman–Crippen LogP) is 2.39. The molecule has 0 saturated carbocycles. The Balaban J connectivity index is 1.61. The smallest absolute Gasteiger partial charge is 0.255 e. The SMILES string of the molecule is COc1ccc(NC(=O)C2=Cc3ccccc3OC2)cc1-n1nnnc1C. The Bertz CT molecular complexity index is 1040. The first-order chi connectivity index (χ1) is 13.2. The van der Waals surface area contributed by atoms with E-state index in [2.05, 4.69) is 20.8 Å². The number of para-hydroxylation sites is 1. The summed E-state index contributed by atoms with van der Waals surface area (Å²) in [7, 11) is 1.57. The van der Waals surface area contributed by atoms with Crippen molar-refractivity contribution in [2.75, 3.05) is 19.0 Å². The molecule has 8 heteroatoms. The number of nitrogens with one attached hydrogen (secondary N) is 1. The van der Waals surface area contributed by atoms with E-state index in [1.165, 1.54) is 0 Å². The van der Waals surface area contributed by atoms with Gasteiger partial charge in [-0.25, -0.2) is 0 Å². The number of benzene rings is 2. The van der Waals surface area contributed by atoms with Crippen LogP contribution in [-0.2, 0) is 4.79 Å². The molecule has 2 aromatic carbocycles. The number of aromatic nitrogens is 4. The second-order valence-corrected chi connectivity index (χ2v) is 5.97. The van der Waals surface area contributed by atoms with Crippen LogP contribution in [0.5, 0.6) is 11.5 Å². The maximum atomic E-state index is 12.7. The van der Waals surface area contributed by atoms with Crippen molar-refractivity contribution < 1.29 is 14.3 Å². The number of fused-ring (bicyclic) bond motifs is 1. The molecule has 136 valence electrons. The van der Waals surface area contributed by atoms with Gasteiger partial charge in [-0.2, -0.15) is 4.68 Å². The molecular formula is C19H17N5O3. The maximum absolute atomic E-state index is 12.7. The van der Waals surface area contributed by atoms with Crippen molar-refractivity contribution >= 4 is 17.7 Å². The summed E-state index contributed by atoms with van der Waals surface area (Å²) in [4.78, 5) is 12.7. The predicted molar refractivity (Wildman–Crippen MR) is 99.0 cm³/mol. The molecule has 2 heterocycles. The lowest BCUT2D eigenvalue weighted by molar-refractivity contribution is -0.113. The Morgan fingerprint density at radius 2 is 2.11 bits per heavy atom. The van der Waals surface area contributed by atoms with Gasteiger partial charge in [0, 0.05) is 11.3 Å². The van der Waals surface area contributed by atoms with Gasteiger partial charge in [-0.3, -0.25) is 4.79 Å². The number of aryl methyl sites for hydroxylation is 1. The molecule has 1 aromatic heterocycles. The number of carbonyl (C=O) groups is 1. The standard InChI is InChI=1S/C19H17N5O3/c1-12-21-22-23-24(12)16-10-15(7-8-18(16)26-2)20-19(25)14-9-13-5-3-4-6-17(13)27-11-14/h3-10H,11H2,1-2H3,(H,20,25). The highest BCUT2D eigenvalue weighted by Crippen LogP contribution is 2.28. The Labute approximate surface area is 155 Å². The van der Waals surface area contributed by atoms with Gasteiger partial charge in [0.2, 0.25) is 0 Å². The molecule has 0 saturated heterocycles. The summed E-state index contributed by atoms with van der Waals surface area (Å²) < 4.78 is 12.6. The van der Waals surface area contributed by atoms with Crippen molar-refractivity contribution in [3.63, 3.8) is 0 Å². The van der Waals surface area contributed by atoms with E-state index in [1.807, 2.05) is 30.3 Å². The van der Waals surface area contributed by atoms with Crippen molar-refractivity contribution in [3.8, 4) is 17.2 Å². The zero-order valence-corrected chi connectivity index (χ0v) is 14.8. The summed E-state index contributed by atoms with van der Waals surface area (Å²) in [6.07, 6.45) is 1.84. The molecule has 1 amide bonds. The van der Waals surface area contributed by atoms with Crippen molar-refractivity contribution in [2.45, 2.75) is 6.92 Å². The maximum Gasteiger partial charge on any atom is 0.255 e. The fraction of sp³-hybridized carbons (Fsp3) is 0.158. The van der Waals surface area contributed by atoms with E-state index < -0.39 is 0 Å². The molecular weight excluding hydrogens is 346 g/mol. The van der Waals surface area contributed by atoms with E-state index in [1.54, 1.807) is 36.9 Å². The molecule has 1 N–H and O–H groups in total. The number of hydrogen-bond acceptors (Lipinski definition) is 6. The van der Waals surface area contributed by atoms with Gasteiger partial charge in [0.1, 0.15) is 23.8 Å². The first-order valence-corrected chi connectivity index (χ1v) is 8.33. The van der Waals surface area contributed by atoms with Gasteiger partial charge < -0.3 is 14.8 Å². The Morgan fingerprint density at radius 1 is 1.26 bits per heavy atom. The minimum absolute atomic E-state index is 0.220. The quantitative estimate of drug-likeness (QED) is 0.765. The number of amides is 1. The van der Waals surface area contributed by atoms with Crippen LogP contribution in [0.2, 0.25) is 0 Å². The molecule has 0 radical (unpaired) electrons. The minimum Gasteiger partial charge on any atom is -0.494 e. The average molecular weight is 363 g/mol. The number of nitrogens with zero attached hydrogens (tertiary/aromatic N) is 4. The molecule has 4 rings (SSSR count). The number of anilines is 1. The Morgan fingerprint density at radius 3 is 2.89 bits per heavy atom. The molecule has 0 spiro atoms. The molecule has 3 aromatic rings. The van der Waals surface area contributed by atoms with Crippen LogP contribution in [0.3, 0.4) is 0 Å². The van der Waals surface area contributed by atoms with Crippen LogP contribution in [0, 0.1) is 6.92 Å². The summed E-state index contributed by atoms with van der Waals surface area (Å²) in [6, 6.07) is 12.9. The molecule has 0 unspecified atom stereocenters. The van der Waals surface area contributed by atoms with E-state index in [0.29, 0.717) is 28.5 Å². The van der Waals surface area contributed by atoms with E-state index in [-0.39, 0.29) is 12.5 Å². The normalized spacial score (nSPS) is 12.6. The van der Waals surface area contributed by atoms with Crippen LogP contribution < -0.4 is 14.8 Å². The van der Waals surface area contributed by atoms with E-state index in [4.69, 9.17) is 9.47 Å². The van der Waals surface area contributed by atoms with Crippen LogP contribution in [0.1, 0.15) is 11.4 Å². The van der Waals surface area contributed by atoms with Gasteiger partial charge in [-0.05, 0) is 47.7 Å². The molecule has 0 bridgehead atoms. The average Bonchev–Trinajstić information content (AvgIpc) is 3.13. The molecule has 1 aliphatic heterocycles. The fourth-order valence-corrected chi connectivity index (χ4v) is 2.85. The number of hydrogen-bond donors (Lipinski definition) is 1. The summed E-state index contributed by atoms with van der Waals surface area (Å²) in [6.45, 7) is 2.00. The van der Waals surface area contributed by atoms with Crippen LogP contribution in [0.25, 0.3) is 11.8 Å². The van der Waals surface area contributed by atoms with Crippen molar-refractivity contribution in [1.82, 2.24) is 20.2 Å². The third-order valence-corrected chi connectivity index (χ3v) is 4.21. The van der Waals surface area contributed by atoms with Crippen LogP contribution in [-0.4, -0.2) is 39.8 Å². The molecule has 0 atom stereocenters. The van der Waals surface area contributed by atoms with Gasteiger partial charge in [0.25, 0.3) is 5.91 Å². The second-order valence-electron chi connectivity index (χ2n) is 5.97. The highest BCUT2D eigenvalue weighted by molar-refractivity contribution is 6.07. The number of rotatable bonds is 4. The number of carbonyl (C=O) groups excluding carboxylic acids is 1. The summed E-state index contributed by atoms with van der Waals surface area (Å²) >= 11 is 0. The zero-order chi connectivity index (χ0) is 18.8. The first-order valence-electron chi connectivity index (χ1n) is 8.33. The summed E-state index contributed by atoms with van der Waals surface area (Å²) in [5.41, 5.74) is 2.67. The van der Waals surface area contributed by atoms with Gasteiger partial charge >= 0.3 is 0 Å². The largest absolute Gasteiger partial charge is 0.494 e. The van der Waals surface area contributed by atoms with Crippen LogP contribution in [0.15, 0.2) is 48.0 Å². The molecule has 0 fully saturated rings. The van der Waals surface area contributed by atoms with Crippen LogP contribution in [0.4, 0.5) is 5.69 Å². The number of methoxy groups -OCH3 is 1. The minimum atomic E-state index is -0.228. The lowest BCUT2D eigenvalue weighted by Crippen LogP contribution is -2.21. The summed E-state index contributed by atoms with van der Waals surface area (Å²) in [5.74, 6) is 1.75. The Hall–Kier alpha value is -3.68. The number of tetrazole rings is 1. The zero-order valence-electron chi connectivity index (χ0n) is 14.8. The first kappa shape index (κ1) is 16.8. The number of ether oxygens (including phenoxy) is 2. The van der Waals surface area contributed by atoms with E-state index in [9.17, 15) is 4.79 Å². The molecule has 1 aliphatic rings. The molecule has 8 nitrogen and oxygen atoms in total. The monoisotopic (exact) mass is 363 g/mol. The van der Waals surface area contributed by atoms with Crippen LogP contribution >= 0.6 is 0 Å². The van der Waals surface area contributed by atoms with Gasteiger partial charge in [0.05, 0.1) is 12.7 Å². The van der Waals surface area contributed by atoms with E-state index in [0.717, 1.165) is 11.3 Å². The van der Waals surface area contributed by atoms with Crippen molar-refractivity contribution in [2.24, 2.45) is 0 Å². The van der Waals surface area contributed by atoms with Crippen molar-refractivity contribution in [1.29, 1.82) is 0 Å². The lowest BCUT2D eigenvalue weighted by atomic mass is 10.1. The van der Waals surface area contributed by atoms with Gasteiger partial charge in [-0.1, -0.05) is 18.2 Å². The van der Waals surface area contributed by atoms with Crippen molar-refractivity contribution in [3.05, 3.63) is 59.4 Å². The second kappa shape index (κ2) is 6.91. The Kier molecular flexibility index (Phi) is 4.29.